The molecule has 77 heavy (non-hydrogen) atoms. The molecular weight excluding hydrogens is 1000 g/mol. The maximum atomic E-state index is 14.5. The molecule has 4 aliphatic rings. The molecule has 2 fully saturated rings. The third-order valence-electron chi connectivity index (χ3n) is 15.5. The number of unbranched alkanes of at least 4 members (excludes halogenated alkanes) is 5. The molecular formula is C57H71F2N11O6S. The largest absolute Gasteiger partial charge is 0.482 e. The molecule has 8 rings (SSSR count). The first-order valence-corrected chi connectivity index (χ1v) is 28.2. The average Bonchev–Trinajstić information content (AvgIpc) is 4.21. The van der Waals surface area contributed by atoms with Gasteiger partial charge < -0.3 is 36.2 Å². The molecule has 2 saturated heterocycles. The van der Waals surface area contributed by atoms with Crippen molar-refractivity contribution in [3.05, 3.63) is 94.4 Å². The van der Waals surface area contributed by atoms with E-state index < -0.39 is 41.8 Å². The van der Waals surface area contributed by atoms with Crippen LogP contribution in [0.4, 0.5) is 14.6 Å². The zero-order valence-corrected chi connectivity index (χ0v) is 45.3. The molecule has 0 spiro atoms. The second-order valence-electron chi connectivity index (χ2n) is 20.8. The number of amides is 3. The van der Waals surface area contributed by atoms with Crippen LogP contribution in [0.5, 0.6) is 5.75 Å². The Labute approximate surface area is 453 Å². The van der Waals surface area contributed by atoms with Crippen LogP contribution in [0.15, 0.2) is 59.7 Å². The summed E-state index contributed by atoms with van der Waals surface area (Å²) in [6.45, 7) is 8.89. The number of nitrogens with two attached hydrogens (primary N) is 1. The van der Waals surface area contributed by atoms with Crippen molar-refractivity contribution >= 4 is 51.9 Å². The van der Waals surface area contributed by atoms with Gasteiger partial charge in [-0.05, 0) is 134 Å². The number of nitrogens with one attached hydrogen (secondary N) is 3. The van der Waals surface area contributed by atoms with Gasteiger partial charge in [-0.1, -0.05) is 32.6 Å². The molecule has 0 aliphatic carbocycles. The van der Waals surface area contributed by atoms with Crippen molar-refractivity contribution in [1.82, 2.24) is 40.5 Å². The lowest BCUT2D eigenvalue weighted by Crippen LogP contribution is -2.58. The number of piperidine rings is 1. The second-order valence-corrected chi connectivity index (χ2v) is 21.9. The van der Waals surface area contributed by atoms with E-state index in [9.17, 15) is 38.0 Å². The average molecular weight is 1080 g/mol. The van der Waals surface area contributed by atoms with E-state index in [1.54, 1.807) is 38.6 Å². The highest BCUT2D eigenvalue weighted by atomic mass is 32.2. The van der Waals surface area contributed by atoms with Crippen molar-refractivity contribution in [3.63, 3.8) is 0 Å². The maximum absolute atomic E-state index is 14.5. The number of carbonyl (C=O) groups is 5. The van der Waals surface area contributed by atoms with Gasteiger partial charge in [0.2, 0.25) is 17.7 Å². The number of benzene rings is 2. The van der Waals surface area contributed by atoms with Crippen LogP contribution in [-0.2, 0) is 27.3 Å². The highest BCUT2D eigenvalue weighted by Gasteiger charge is 2.43. The van der Waals surface area contributed by atoms with Gasteiger partial charge in [-0.15, -0.1) is 11.8 Å². The van der Waals surface area contributed by atoms with Crippen LogP contribution >= 0.6 is 11.8 Å². The first-order valence-electron chi connectivity index (χ1n) is 27.2. The van der Waals surface area contributed by atoms with Crippen molar-refractivity contribution in [2.45, 2.75) is 135 Å². The van der Waals surface area contributed by atoms with E-state index in [2.05, 4.69) is 31.9 Å². The lowest BCUT2D eigenvalue weighted by molar-refractivity contribution is -0.138. The molecule has 17 nitrogen and oxygen atoms in total. The zero-order valence-electron chi connectivity index (χ0n) is 44.5. The SMILES string of the molecule is CN[C@@H](C)C(=O)N[C@H](C(=O)N1CCC[C@H]1C1=NC(C(=O)c2ccc(F)cc2)CS1)C1CCN(CCCCCCCCC(=O)NCCn2nc3c(c2C#N)-c2cnc(N)c(c2)O[C@H](C)c2cc(F)ccc2C(=O)C(C)C3)CC1. The Balaban J connectivity index is 0.761. The molecule has 4 aromatic rings. The van der Waals surface area contributed by atoms with Crippen molar-refractivity contribution in [2.75, 3.05) is 51.3 Å². The Hall–Kier alpha value is -6.56. The molecule has 6 atom stereocenters. The van der Waals surface area contributed by atoms with Crippen LogP contribution in [0.25, 0.3) is 11.1 Å². The second kappa shape index (κ2) is 26.2. The summed E-state index contributed by atoms with van der Waals surface area (Å²) in [5.74, 6) is -1.50. The molecule has 5 N–H and O–H groups in total. The predicted octanol–water partition coefficient (Wildman–Crippen LogP) is 7.23. The molecule has 20 heteroatoms. The number of thioether (sulfide) groups is 1. The minimum atomic E-state index is -0.731. The first-order chi connectivity index (χ1) is 37.1. The quantitative estimate of drug-likeness (QED) is 0.0506. The Morgan fingerprint density at radius 1 is 0.948 bits per heavy atom. The molecule has 2 bridgehead atoms. The van der Waals surface area contributed by atoms with Gasteiger partial charge in [-0.3, -0.25) is 33.6 Å². The summed E-state index contributed by atoms with van der Waals surface area (Å²) in [6.07, 6.45) is 10.3. The van der Waals surface area contributed by atoms with E-state index in [1.807, 2.05) is 4.90 Å². The van der Waals surface area contributed by atoms with Gasteiger partial charge in [0.1, 0.15) is 41.6 Å². The highest BCUT2D eigenvalue weighted by molar-refractivity contribution is 8.14. The third-order valence-corrected chi connectivity index (χ3v) is 16.6. The smallest absolute Gasteiger partial charge is 0.246 e. The van der Waals surface area contributed by atoms with Crippen molar-refractivity contribution in [3.8, 4) is 22.9 Å². The predicted molar refractivity (Wildman–Crippen MR) is 291 cm³/mol. The monoisotopic (exact) mass is 1080 g/mol. The lowest BCUT2D eigenvalue weighted by atomic mass is 9.88. The Kier molecular flexibility index (Phi) is 19.3. The number of pyridine rings is 1. The fourth-order valence-corrected chi connectivity index (χ4v) is 12.1. The summed E-state index contributed by atoms with van der Waals surface area (Å²) >= 11 is 1.50. The summed E-state index contributed by atoms with van der Waals surface area (Å²) in [4.78, 5) is 81.2. The molecule has 3 amide bonds. The number of likely N-dealkylation sites (tertiary alicyclic amines) is 2. The number of likely N-dealkylation sites (N-methyl/N-ethyl adjacent to an activating group) is 1. The maximum Gasteiger partial charge on any atom is 0.246 e. The highest BCUT2D eigenvalue weighted by Crippen LogP contribution is 2.38. The number of carbonyl (C=O) groups excluding carboxylic acids is 5. The Bertz CT molecular complexity index is 2870. The number of ether oxygens (including phenoxy) is 1. The summed E-state index contributed by atoms with van der Waals surface area (Å²) in [7, 11) is 1.72. The van der Waals surface area contributed by atoms with E-state index in [4.69, 9.17) is 20.6 Å². The summed E-state index contributed by atoms with van der Waals surface area (Å²) in [5.41, 5.74) is 9.13. The molecule has 410 valence electrons. The molecule has 2 aromatic heterocycles. The van der Waals surface area contributed by atoms with Crippen LogP contribution < -0.4 is 26.4 Å². The van der Waals surface area contributed by atoms with Crippen LogP contribution in [-0.4, -0.2) is 129 Å². The third kappa shape index (κ3) is 13.8. The number of hydrogen-bond acceptors (Lipinski definition) is 14. The van der Waals surface area contributed by atoms with Gasteiger partial charge in [-0.25, -0.2) is 13.8 Å². The van der Waals surface area contributed by atoms with E-state index in [1.165, 1.54) is 60.4 Å². The number of nitrogens with zero attached hydrogens (tertiary/aromatic N) is 7. The Morgan fingerprint density at radius 2 is 1.68 bits per heavy atom. The standard InChI is InChI=1S/C57H71F2N11O6S/c1-34-28-44-50(39-29-48(54(61)64-32-39)76-36(3)43-30-41(59)18-19-42(43)52(34)72)47(31-60)70(67-44)27-22-63-49(71)13-9-7-5-6-8-10-23-68-25-20-37(21-26-68)51(66-55(74)35(2)62-4)57(75)69-24-11-12-46(69)56-65-45(33-77-56)53(73)38-14-16-40(58)17-15-38/h14-19,29-30,32,34-37,45-46,51,62H,5-13,20-28,33H2,1-4H3,(H2,61,64)(H,63,71)(H,66,74)/t34?,35-,36+,45?,46-,51-/m0/s1. The van der Waals surface area contributed by atoms with E-state index in [0.717, 1.165) is 88.9 Å². The molecule has 0 radical (unpaired) electrons. The first kappa shape index (κ1) is 56.6. The number of nitriles is 1. The molecule has 0 saturated carbocycles. The van der Waals surface area contributed by atoms with Crippen molar-refractivity contribution < 1.29 is 37.5 Å². The normalized spacial score (nSPS) is 20.6. The van der Waals surface area contributed by atoms with Crippen LogP contribution in [0.3, 0.4) is 0 Å². The fraction of sp³-hybridized carbons (Fsp3) is 0.526. The van der Waals surface area contributed by atoms with Crippen molar-refractivity contribution in [2.24, 2.45) is 16.8 Å². The molecule has 4 aliphatic heterocycles. The molecule has 6 heterocycles. The number of halogens is 2. The number of nitrogen functional groups attached to an aromatic ring is 1. The number of aliphatic imine (C=N–C) groups is 1. The van der Waals surface area contributed by atoms with Gasteiger partial charge in [0, 0.05) is 71.6 Å². The molecule has 2 aromatic carbocycles. The summed E-state index contributed by atoms with van der Waals surface area (Å²) in [6, 6.07) is 11.5. The number of fused-ring (bicyclic) bond motifs is 5. The lowest BCUT2D eigenvalue weighted by Gasteiger charge is -2.38. The van der Waals surface area contributed by atoms with Gasteiger partial charge in [0.05, 0.1) is 29.4 Å². The zero-order chi connectivity index (χ0) is 54.8. The topological polar surface area (TPSA) is 230 Å². The minimum Gasteiger partial charge on any atom is -0.482 e. The minimum absolute atomic E-state index is 0.0284. The number of ketones is 2. The van der Waals surface area contributed by atoms with Crippen LogP contribution in [0.2, 0.25) is 0 Å². The van der Waals surface area contributed by atoms with Gasteiger partial charge in [0.25, 0.3) is 0 Å². The van der Waals surface area contributed by atoms with Gasteiger partial charge in [-0.2, -0.15) is 10.4 Å². The van der Waals surface area contributed by atoms with Gasteiger partial charge in [0.15, 0.2) is 23.1 Å². The van der Waals surface area contributed by atoms with Crippen LogP contribution in [0.1, 0.15) is 135 Å². The number of hydrogen-bond donors (Lipinski definition) is 4. The Morgan fingerprint density at radius 3 is 2.42 bits per heavy atom. The van der Waals surface area contributed by atoms with Gasteiger partial charge >= 0.3 is 0 Å². The van der Waals surface area contributed by atoms with Crippen LogP contribution in [0, 0.1) is 34.8 Å². The van der Waals surface area contributed by atoms with Crippen molar-refractivity contribution in [1.29, 1.82) is 5.26 Å². The number of Topliss-reactive ketones (excluding diaryl/α,β-unsaturated/α-hetero) is 2. The summed E-state index contributed by atoms with van der Waals surface area (Å²) in [5, 5.41) is 25.1. The molecule has 2 unspecified atom stereocenters. The number of anilines is 1. The van der Waals surface area contributed by atoms with E-state index in [-0.39, 0.29) is 78.0 Å². The summed E-state index contributed by atoms with van der Waals surface area (Å²) < 4.78 is 35.7. The van der Waals surface area contributed by atoms with E-state index in [0.29, 0.717) is 52.2 Å². The fourth-order valence-electron chi connectivity index (χ4n) is 10.9. The van der Waals surface area contributed by atoms with E-state index >= 15 is 0 Å². The number of rotatable bonds is 20. The number of aromatic nitrogens is 3.